The number of amides is 1. The first-order chi connectivity index (χ1) is 17.6. The number of carbonyl (C=O) groups is 3. The highest BCUT2D eigenvalue weighted by Crippen LogP contribution is 2.43. The number of ether oxygens (including phenoxy) is 3. The minimum absolute atomic E-state index is 0.0699. The van der Waals surface area contributed by atoms with Gasteiger partial charge in [0.25, 0.3) is 0 Å². The third-order valence-electron chi connectivity index (χ3n) is 6.14. The van der Waals surface area contributed by atoms with Crippen LogP contribution in [0.5, 0.6) is 0 Å². The summed E-state index contributed by atoms with van der Waals surface area (Å²) in [6, 6.07) is -0.926. The molecule has 1 fully saturated rings. The minimum atomic E-state index is -0.926. The summed E-state index contributed by atoms with van der Waals surface area (Å²) in [6.45, 7) is 17.4. The summed E-state index contributed by atoms with van der Waals surface area (Å²) in [6.07, 6.45) is 0.431. The van der Waals surface area contributed by atoms with Crippen molar-refractivity contribution in [3.8, 4) is 10.4 Å². The molecule has 1 saturated heterocycles. The lowest BCUT2D eigenvalue weighted by Crippen LogP contribution is -2.36. The Labute approximate surface area is 228 Å². The summed E-state index contributed by atoms with van der Waals surface area (Å²) < 4.78 is 22.2. The Morgan fingerprint density at radius 1 is 1.03 bits per heavy atom. The monoisotopic (exact) mass is 548 g/mol. The SMILES string of the molecule is Cc1noc(C(CC(=O)OC(C)(C)C)NC(=O)OC(C)(C)C)c1-c1sc(C)c(C)c1C(=O)C1CCOCC1. The summed E-state index contributed by atoms with van der Waals surface area (Å²) in [4.78, 5) is 41.1. The summed E-state index contributed by atoms with van der Waals surface area (Å²) in [7, 11) is 0. The summed E-state index contributed by atoms with van der Waals surface area (Å²) >= 11 is 1.48. The Balaban J connectivity index is 2.07. The van der Waals surface area contributed by atoms with Gasteiger partial charge in [-0.05, 0) is 80.7 Å². The molecule has 2 aromatic heterocycles. The molecule has 1 aliphatic heterocycles. The molecule has 1 atom stereocenters. The third kappa shape index (κ3) is 7.44. The summed E-state index contributed by atoms with van der Waals surface area (Å²) in [5.41, 5.74) is 1.26. The van der Waals surface area contributed by atoms with Crippen LogP contribution in [0.1, 0.15) is 99.1 Å². The van der Waals surface area contributed by atoms with Gasteiger partial charge >= 0.3 is 12.1 Å². The predicted octanol–water partition coefficient (Wildman–Crippen LogP) is 6.24. The van der Waals surface area contributed by atoms with Gasteiger partial charge in [-0.25, -0.2) is 4.79 Å². The van der Waals surface area contributed by atoms with Crippen LogP contribution in [0.15, 0.2) is 4.52 Å². The van der Waals surface area contributed by atoms with E-state index < -0.39 is 29.3 Å². The van der Waals surface area contributed by atoms with Crippen LogP contribution in [-0.2, 0) is 19.0 Å². The first kappa shape index (κ1) is 29.8. The van der Waals surface area contributed by atoms with Gasteiger partial charge in [0, 0.05) is 29.6 Å². The maximum atomic E-state index is 13.7. The molecule has 0 aliphatic carbocycles. The molecule has 1 N–H and O–H groups in total. The maximum Gasteiger partial charge on any atom is 0.408 e. The van der Waals surface area contributed by atoms with Gasteiger partial charge in [-0.2, -0.15) is 0 Å². The van der Waals surface area contributed by atoms with Crippen LogP contribution in [0.25, 0.3) is 10.4 Å². The molecule has 0 saturated carbocycles. The molecule has 38 heavy (non-hydrogen) atoms. The Bertz CT molecular complexity index is 1150. The Kier molecular flexibility index (Phi) is 9.08. The molecule has 0 aromatic carbocycles. The van der Waals surface area contributed by atoms with Gasteiger partial charge < -0.3 is 24.1 Å². The molecule has 0 bridgehead atoms. The van der Waals surface area contributed by atoms with Gasteiger partial charge in [0.1, 0.15) is 17.2 Å². The van der Waals surface area contributed by atoms with Crippen molar-refractivity contribution < 1.29 is 33.1 Å². The van der Waals surface area contributed by atoms with E-state index >= 15 is 0 Å². The first-order valence-electron chi connectivity index (χ1n) is 13.0. The van der Waals surface area contributed by atoms with Gasteiger partial charge in [0.05, 0.1) is 22.6 Å². The zero-order valence-corrected chi connectivity index (χ0v) is 24.7. The second kappa shape index (κ2) is 11.6. The molecule has 3 heterocycles. The van der Waals surface area contributed by atoms with E-state index in [9.17, 15) is 14.4 Å². The molecular weight excluding hydrogens is 508 g/mol. The van der Waals surface area contributed by atoms with E-state index in [4.69, 9.17) is 18.7 Å². The van der Waals surface area contributed by atoms with Crippen molar-refractivity contribution in [2.24, 2.45) is 5.92 Å². The van der Waals surface area contributed by atoms with Crippen molar-refractivity contribution in [3.05, 3.63) is 27.5 Å². The summed E-state index contributed by atoms with van der Waals surface area (Å²) in [5.74, 6) is -0.297. The van der Waals surface area contributed by atoms with Gasteiger partial charge in [-0.15, -0.1) is 11.3 Å². The highest BCUT2D eigenvalue weighted by molar-refractivity contribution is 7.16. The normalized spacial score (nSPS) is 15.7. The molecule has 1 unspecified atom stereocenters. The van der Waals surface area contributed by atoms with Crippen LogP contribution in [0.2, 0.25) is 0 Å². The van der Waals surface area contributed by atoms with Crippen LogP contribution in [0, 0.1) is 26.7 Å². The minimum Gasteiger partial charge on any atom is -0.460 e. The Morgan fingerprint density at radius 3 is 2.21 bits per heavy atom. The number of ketones is 1. The van der Waals surface area contributed by atoms with Crippen molar-refractivity contribution in [3.63, 3.8) is 0 Å². The number of hydrogen-bond donors (Lipinski definition) is 1. The zero-order valence-electron chi connectivity index (χ0n) is 23.9. The fourth-order valence-electron chi connectivity index (χ4n) is 4.37. The molecule has 210 valence electrons. The van der Waals surface area contributed by atoms with Crippen molar-refractivity contribution in [1.82, 2.24) is 10.5 Å². The second-order valence-electron chi connectivity index (χ2n) is 11.7. The zero-order chi connectivity index (χ0) is 28.4. The number of aryl methyl sites for hydroxylation is 2. The van der Waals surface area contributed by atoms with Crippen LogP contribution >= 0.6 is 11.3 Å². The Morgan fingerprint density at radius 2 is 1.63 bits per heavy atom. The van der Waals surface area contributed by atoms with Crippen LogP contribution < -0.4 is 5.32 Å². The fourth-order valence-corrected chi connectivity index (χ4v) is 5.64. The number of Topliss-reactive ketones (excluding diaryl/α,β-unsaturated/α-hetero) is 1. The number of alkyl carbamates (subject to hydrolysis) is 1. The molecule has 10 heteroatoms. The molecule has 1 amide bonds. The van der Waals surface area contributed by atoms with E-state index in [-0.39, 0.29) is 23.9 Å². The third-order valence-corrected chi connectivity index (χ3v) is 7.36. The molecule has 0 spiro atoms. The number of carbonyl (C=O) groups excluding carboxylic acids is 3. The highest BCUT2D eigenvalue weighted by Gasteiger charge is 2.35. The van der Waals surface area contributed by atoms with E-state index in [0.717, 1.165) is 15.3 Å². The van der Waals surface area contributed by atoms with E-state index in [0.29, 0.717) is 42.9 Å². The largest absolute Gasteiger partial charge is 0.460 e. The predicted molar refractivity (Wildman–Crippen MR) is 144 cm³/mol. The topological polar surface area (TPSA) is 117 Å². The van der Waals surface area contributed by atoms with Gasteiger partial charge in [0.2, 0.25) is 0 Å². The summed E-state index contributed by atoms with van der Waals surface area (Å²) in [5, 5.41) is 6.96. The van der Waals surface area contributed by atoms with Gasteiger partial charge in [-0.1, -0.05) is 5.16 Å². The number of esters is 1. The molecule has 2 aromatic rings. The highest BCUT2D eigenvalue weighted by atomic mass is 32.1. The number of aromatic nitrogens is 1. The quantitative estimate of drug-likeness (QED) is 0.319. The molecule has 3 rings (SSSR count). The molecule has 1 aliphatic rings. The lowest BCUT2D eigenvalue weighted by atomic mass is 9.87. The van der Waals surface area contributed by atoms with Crippen molar-refractivity contribution in [2.45, 2.75) is 98.8 Å². The standard InChI is InChI=1S/C28H40N2O7S/c1-15-17(3)38-25(21(15)23(32)18-10-12-34-13-11-18)22-16(2)30-37-24(22)19(14-20(31)35-27(4,5)6)29-26(33)36-28(7,8)9/h18-19H,10-14H2,1-9H3,(H,29,33). The molecule has 0 radical (unpaired) electrons. The second-order valence-corrected chi connectivity index (χ2v) is 13.0. The Hall–Kier alpha value is -2.72. The fraction of sp³-hybridized carbons (Fsp3) is 0.643. The lowest BCUT2D eigenvalue weighted by Gasteiger charge is -2.24. The van der Waals surface area contributed by atoms with E-state index in [1.165, 1.54) is 11.3 Å². The van der Waals surface area contributed by atoms with E-state index in [1.807, 2.05) is 13.8 Å². The smallest absolute Gasteiger partial charge is 0.408 e. The molecule has 9 nitrogen and oxygen atoms in total. The van der Waals surface area contributed by atoms with Crippen LogP contribution in [-0.4, -0.2) is 47.4 Å². The average Bonchev–Trinajstić information content (AvgIpc) is 3.29. The number of nitrogens with zero attached hydrogens (tertiary/aromatic N) is 1. The number of nitrogens with one attached hydrogen (secondary N) is 1. The van der Waals surface area contributed by atoms with Crippen molar-refractivity contribution >= 4 is 29.2 Å². The number of hydrogen-bond acceptors (Lipinski definition) is 9. The van der Waals surface area contributed by atoms with Crippen LogP contribution in [0.3, 0.4) is 0 Å². The van der Waals surface area contributed by atoms with E-state index in [2.05, 4.69) is 10.5 Å². The van der Waals surface area contributed by atoms with Crippen molar-refractivity contribution in [2.75, 3.05) is 13.2 Å². The lowest BCUT2D eigenvalue weighted by molar-refractivity contribution is -0.155. The van der Waals surface area contributed by atoms with E-state index in [1.54, 1.807) is 48.5 Å². The van der Waals surface area contributed by atoms with Crippen molar-refractivity contribution in [1.29, 1.82) is 0 Å². The van der Waals surface area contributed by atoms with Gasteiger partial charge in [0.15, 0.2) is 11.5 Å². The first-order valence-corrected chi connectivity index (χ1v) is 13.8. The number of rotatable bonds is 7. The van der Waals surface area contributed by atoms with Crippen LogP contribution in [0.4, 0.5) is 4.79 Å². The molecular formula is C28H40N2O7S. The maximum absolute atomic E-state index is 13.7. The number of thiophene rings is 1. The van der Waals surface area contributed by atoms with Gasteiger partial charge in [-0.3, -0.25) is 9.59 Å². The average molecular weight is 549 g/mol.